The van der Waals surface area contributed by atoms with Crippen molar-refractivity contribution in [3.63, 3.8) is 0 Å². The number of aromatic nitrogens is 2. The molecule has 0 aliphatic rings. The molecule has 0 atom stereocenters. The molecular weight excluding hydrogens is 294 g/mol. The van der Waals surface area contributed by atoms with Crippen LogP contribution < -0.4 is 5.32 Å². The van der Waals surface area contributed by atoms with E-state index in [9.17, 15) is 17.6 Å². The molecule has 2 aromatic heterocycles. The van der Waals surface area contributed by atoms with Gasteiger partial charge in [0.15, 0.2) is 0 Å². The number of hydrogen-bond donors (Lipinski definition) is 1. The Balaban J connectivity index is 1.94. The molecule has 2 heterocycles. The van der Waals surface area contributed by atoms with Gasteiger partial charge in [-0.3, -0.25) is 0 Å². The second kappa shape index (κ2) is 6.17. The van der Waals surface area contributed by atoms with E-state index in [0.717, 1.165) is 10.7 Å². The molecule has 2 aromatic rings. The minimum Gasteiger partial charge on any atom is -0.380 e. The fourth-order valence-electron chi connectivity index (χ4n) is 1.61. The Kier molecular flexibility index (Phi) is 4.53. The average molecular weight is 305 g/mol. The first-order valence-electron chi connectivity index (χ1n) is 5.84. The van der Waals surface area contributed by atoms with E-state index in [1.165, 1.54) is 11.3 Å². The van der Waals surface area contributed by atoms with E-state index in [1.54, 1.807) is 0 Å². The average Bonchev–Trinajstić information content (AvgIpc) is 2.81. The Morgan fingerprint density at radius 1 is 1.10 bits per heavy atom. The molecule has 0 aromatic carbocycles. The monoisotopic (exact) mass is 305 g/mol. The maximum absolute atomic E-state index is 13.3. The Morgan fingerprint density at radius 2 is 1.75 bits per heavy atom. The zero-order valence-electron chi connectivity index (χ0n) is 10.5. The number of hydrogen-bond acceptors (Lipinski definition) is 4. The van der Waals surface area contributed by atoms with E-state index in [2.05, 4.69) is 15.3 Å². The van der Waals surface area contributed by atoms with Crippen LogP contribution in [0.1, 0.15) is 17.1 Å². The Bertz CT molecular complexity index is 589. The molecule has 108 valence electrons. The fraction of sp³-hybridized carbons (Fsp3) is 0.333. The number of thiazole rings is 1. The molecule has 0 saturated heterocycles. The number of anilines is 1. The lowest BCUT2D eigenvalue weighted by molar-refractivity contribution is 0.410. The van der Waals surface area contributed by atoms with Crippen molar-refractivity contribution < 1.29 is 17.6 Å². The molecule has 0 spiro atoms. The van der Waals surface area contributed by atoms with E-state index in [0.29, 0.717) is 12.8 Å². The van der Waals surface area contributed by atoms with Gasteiger partial charge in [-0.15, -0.1) is 11.3 Å². The summed E-state index contributed by atoms with van der Waals surface area (Å²) in [5, 5.41) is 5.15. The van der Waals surface area contributed by atoms with Crippen molar-refractivity contribution in [2.45, 2.75) is 19.8 Å². The first-order chi connectivity index (χ1) is 9.49. The molecule has 0 radical (unpaired) electrons. The molecule has 20 heavy (non-hydrogen) atoms. The molecule has 0 unspecified atom stereocenters. The summed E-state index contributed by atoms with van der Waals surface area (Å²) in [6, 6.07) is 0. The highest BCUT2D eigenvalue weighted by Crippen LogP contribution is 2.22. The minimum atomic E-state index is -1.66. The summed E-state index contributed by atoms with van der Waals surface area (Å²) in [6.45, 7) is 2.03. The van der Waals surface area contributed by atoms with Gasteiger partial charge in [-0.2, -0.15) is 22.5 Å². The van der Waals surface area contributed by atoms with Gasteiger partial charge in [0, 0.05) is 24.0 Å². The molecule has 0 aliphatic carbocycles. The predicted octanol–water partition coefficient (Wildman–Crippen LogP) is 3.45. The number of pyridine rings is 1. The molecule has 0 amide bonds. The number of halogens is 4. The van der Waals surface area contributed by atoms with Gasteiger partial charge in [-0.25, -0.2) is 4.98 Å². The van der Waals surface area contributed by atoms with Crippen LogP contribution in [-0.2, 0) is 6.42 Å². The highest BCUT2D eigenvalue weighted by molar-refractivity contribution is 7.09. The zero-order chi connectivity index (χ0) is 14.7. The zero-order valence-corrected chi connectivity index (χ0v) is 11.3. The molecular formula is C12H11F4N3S. The summed E-state index contributed by atoms with van der Waals surface area (Å²) < 4.78 is 52.3. The minimum absolute atomic E-state index is 0.162. The lowest BCUT2D eigenvalue weighted by Crippen LogP contribution is -2.11. The third kappa shape index (κ3) is 3.24. The summed E-state index contributed by atoms with van der Waals surface area (Å²) in [4.78, 5) is 6.71. The van der Waals surface area contributed by atoms with Gasteiger partial charge in [0.1, 0.15) is 5.69 Å². The van der Waals surface area contributed by atoms with Gasteiger partial charge in [-0.1, -0.05) is 0 Å². The smallest absolute Gasteiger partial charge is 0.253 e. The summed E-state index contributed by atoms with van der Waals surface area (Å²) >= 11 is 1.49. The van der Waals surface area contributed by atoms with Crippen LogP contribution in [0.15, 0.2) is 5.38 Å². The van der Waals surface area contributed by atoms with Crippen LogP contribution >= 0.6 is 11.3 Å². The van der Waals surface area contributed by atoms with Gasteiger partial charge in [0.25, 0.3) is 11.9 Å². The summed E-state index contributed by atoms with van der Waals surface area (Å²) in [5.74, 6) is -6.37. The quantitative estimate of drug-likeness (QED) is 0.522. The molecule has 2 rings (SSSR count). The van der Waals surface area contributed by atoms with Crippen molar-refractivity contribution in [2.24, 2.45) is 0 Å². The Hall–Kier alpha value is -1.70. The number of rotatable bonds is 5. The van der Waals surface area contributed by atoms with E-state index >= 15 is 0 Å². The number of aryl methyl sites for hydroxylation is 2. The Labute approximate surface area is 116 Å². The topological polar surface area (TPSA) is 37.8 Å². The van der Waals surface area contributed by atoms with Crippen molar-refractivity contribution in [3.8, 4) is 0 Å². The molecule has 0 bridgehead atoms. The van der Waals surface area contributed by atoms with Gasteiger partial charge < -0.3 is 5.32 Å². The molecule has 3 nitrogen and oxygen atoms in total. The van der Waals surface area contributed by atoms with Crippen molar-refractivity contribution in [2.75, 3.05) is 11.9 Å². The van der Waals surface area contributed by atoms with Crippen molar-refractivity contribution in [3.05, 3.63) is 39.6 Å². The Morgan fingerprint density at radius 3 is 2.30 bits per heavy atom. The second-order valence-corrected chi connectivity index (χ2v) is 5.05. The van der Waals surface area contributed by atoms with E-state index < -0.39 is 29.2 Å². The number of nitrogens with zero attached hydrogens (tertiary/aromatic N) is 2. The summed E-state index contributed by atoms with van der Waals surface area (Å²) in [6.07, 6.45) is 1.14. The van der Waals surface area contributed by atoms with Crippen LogP contribution in [-0.4, -0.2) is 16.5 Å². The molecule has 8 heteroatoms. The number of nitrogens with one attached hydrogen (secondary N) is 1. The molecule has 0 saturated carbocycles. The maximum atomic E-state index is 13.3. The largest absolute Gasteiger partial charge is 0.380 e. The first-order valence-corrected chi connectivity index (χ1v) is 6.72. The standard InChI is InChI=1S/C12H11F4N3S/c1-6-5-20-7(18-6)3-2-4-17-10-8(13)11(15)19-12(16)9(10)14/h5H,2-4H2,1H3,(H,17,19). The van der Waals surface area contributed by atoms with Crippen LogP contribution in [0.3, 0.4) is 0 Å². The highest BCUT2D eigenvalue weighted by Gasteiger charge is 2.20. The van der Waals surface area contributed by atoms with Crippen LogP contribution in [0.4, 0.5) is 23.2 Å². The van der Waals surface area contributed by atoms with Gasteiger partial charge in [0.2, 0.25) is 11.6 Å². The van der Waals surface area contributed by atoms with Crippen molar-refractivity contribution in [1.82, 2.24) is 9.97 Å². The normalized spacial score (nSPS) is 10.8. The van der Waals surface area contributed by atoms with Crippen LogP contribution in [0.2, 0.25) is 0 Å². The lowest BCUT2D eigenvalue weighted by Gasteiger charge is -2.08. The van der Waals surface area contributed by atoms with E-state index in [1.807, 2.05) is 12.3 Å². The first kappa shape index (κ1) is 14.7. The highest BCUT2D eigenvalue weighted by atomic mass is 32.1. The third-order valence-electron chi connectivity index (χ3n) is 2.53. The van der Waals surface area contributed by atoms with Crippen molar-refractivity contribution in [1.29, 1.82) is 0 Å². The maximum Gasteiger partial charge on any atom is 0.253 e. The van der Waals surface area contributed by atoms with Crippen molar-refractivity contribution >= 4 is 17.0 Å². The van der Waals surface area contributed by atoms with E-state index in [-0.39, 0.29) is 6.54 Å². The lowest BCUT2D eigenvalue weighted by atomic mass is 10.3. The van der Waals surface area contributed by atoms with Gasteiger partial charge >= 0.3 is 0 Å². The summed E-state index contributed by atoms with van der Waals surface area (Å²) in [5.41, 5.74) is 0.0821. The predicted molar refractivity (Wildman–Crippen MR) is 67.7 cm³/mol. The van der Waals surface area contributed by atoms with E-state index in [4.69, 9.17) is 0 Å². The fourth-order valence-corrected chi connectivity index (χ4v) is 2.43. The van der Waals surface area contributed by atoms with Gasteiger partial charge in [-0.05, 0) is 13.3 Å². The van der Waals surface area contributed by atoms with Crippen LogP contribution in [0.5, 0.6) is 0 Å². The van der Waals surface area contributed by atoms with Crippen LogP contribution in [0, 0.1) is 30.5 Å². The van der Waals surface area contributed by atoms with Gasteiger partial charge in [0.05, 0.1) is 5.01 Å². The third-order valence-corrected chi connectivity index (χ3v) is 3.56. The molecule has 0 fully saturated rings. The second-order valence-electron chi connectivity index (χ2n) is 4.11. The SMILES string of the molecule is Cc1csc(CCCNc2c(F)c(F)nc(F)c2F)n1. The molecule has 0 aliphatic heterocycles. The molecule has 1 N–H and O–H groups in total. The van der Waals surface area contributed by atoms with Crippen LogP contribution in [0.25, 0.3) is 0 Å². The summed E-state index contributed by atoms with van der Waals surface area (Å²) in [7, 11) is 0.